The second-order valence-corrected chi connectivity index (χ2v) is 7.93. The van der Waals surface area contributed by atoms with Gasteiger partial charge < -0.3 is 5.32 Å². The van der Waals surface area contributed by atoms with Gasteiger partial charge in [-0.2, -0.15) is 0 Å². The lowest BCUT2D eigenvalue weighted by atomic mass is 10.1. The van der Waals surface area contributed by atoms with Crippen molar-refractivity contribution in [2.45, 2.75) is 32.1 Å². The van der Waals surface area contributed by atoms with E-state index in [1.165, 1.54) is 0 Å². The quantitative estimate of drug-likeness (QED) is 0.385. The third-order valence-electron chi connectivity index (χ3n) is 3.94. The van der Waals surface area contributed by atoms with Gasteiger partial charge in [-0.25, -0.2) is 0 Å². The molecule has 1 fully saturated rings. The van der Waals surface area contributed by atoms with Crippen LogP contribution in [0.25, 0.3) is 0 Å². The van der Waals surface area contributed by atoms with E-state index in [2.05, 4.69) is 25.2 Å². The van der Waals surface area contributed by atoms with Gasteiger partial charge in [0.25, 0.3) is 0 Å². The molecule has 1 amide bonds. The predicted octanol–water partition coefficient (Wildman–Crippen LogP) is 5.59. The molecule has 0 radical (unpaired) electrons. The molecule has 0 spiro atoms. The summed E-state index contributed by atoms with van der Waals surface area (Å²) in [6.07, 6.45) is 5.62. The van der Waals surface area contributed by atoms with Crippen molar-refractivity contribution < 1.29 is 4.79 Å². The van der Waals surface area contributed by atoms with Crippen LogP contribution in [0.1, 0.15) is 32.3 Å². The fraction of sp³-hybridized carbons (Fsp3) is 0.421. The van der Waals surface area contributed by atoms with Crippen LogP contribution in [0.3, 0.4) is 0 Å². The number of alkyl halides is 1. The molecule has 24 heavy (non-hydrogen) atoms. The summed E-state index contributed by atoms with van der Waals surface area (Å²) in [5.41, 5.74) is 2.00. The second-order valence-electron chi connectivity index (χ2n) is 6.61. The first kappa shape index (κ1) is 19.4. The summed E-state index contributed by atoms with van der Waals surface area (Å²) < 4.78 is 0. The van der Waals surface area contributed by atoms with E-state index >= 15 is 0 Å². The van der Waals surface area contributed by atoms with Crippen molar-refractivity contribution in [2.24, 2.45) is 11.8 Å². The average Bonchev–Trinajstić information content (AvgIpc) is 3.16. The molecule has 0 saturated heterocycles. The van der Waals surface area contributed by atoms with E-state index in [-0.39, 0.29) is 23.1 Å². The maximum Gasteiger partial charge on any atom is 0.244 e. The Bertz CT molecular complexity index is 667. The summed E-state index contributed by atoms with van der Waals surface area (Å²) in [5, 5.41) is 4.00. The van der Waals surface area contributed by atoms with Gasteiger partial charge in [0.15, 0.2) is 0 Å². The van der Waals surface area contributed by atoms with Crippen molar-refractivity contribution in [3.63, 3.8) is 0 Å². The summed E-state index contributed by atoms with van der Waals surface area (Å²) in [5.74, 6) is 0.852. The molecule has 0 heterocycles. The van der Waals surface area contributed by atoms with Crippen LogP contribution in [0.4, 0.5) is 0 Å². The summed E-state index contributed by atoms with van der Waals surface area (Å²) in [6, 6.07) is 5.64. The Morgan fingerprint density at radius 3 is 2.62 bits per heavy atom. The van der Waals surface area contributed by atoms with Gasteiger partial charge >= 0.3 is 0 Å². The highest BCUT2D eigenvalue weighted by molar-refractivity contribution is 6.42. The van der Waals surface area contributed by atoms with Crippen LogP contribution in [0.2, 0.25) is 10.0 Å². The lowest BCUT2D eigenvalue weighted by Crippen LogP contribution is -2.25. The number of benzene rings is 1. The zero-order chi connectivity index (χ0) is 17.9. The summed E-state index contributed by atoms with van der Waals surface area (Å²) >= 11 is 18.4. The lowest BCUT2D eigenvalue weighted by molar-refractivity contribution is -0.116. The van der Waals surface area contributed by atoms with Crippen LogP contribution in [0, 0.1) is 11.8 Å². The van der Waals surface area contributed by atoms with Crippen LogP contribution < -0.4 is 5.32 Å². The standard InChI is InChI=1S/C19H22Cl3NO/c1-11(2)10-23-17(24)8-12(3)4-6-14-18(19(14)22)13-5-7-15(20)16(21)9-13/h4-9,11,14,18-19H,10H2,1-3H3,(H,23,24)/b6-4+,12-8+/t14?,18-,19-/m1/s1. The molecule has 1 aliphatic rings. The Kier molecular flexibility index (Phi) is 6.79. The van der Waals surface area contributed by atoms with Crippen molar-refractivity contribution in [3.8, 4) is 0 Å². The van der Waals surface area contributed by atoms with E-state index in [1.807, 2.05) is 25.1 Å². The number of carbonyl (C=O) groups is 1. The largest absolute Gasteiger partial charge is 0.352 e. The third-order valence-corrected chi connectivity index (χ3v) is 5.24. The predicted molar refractivity (Wildman–Crippen MR) is 103 cm³/mol. The number of hydrogen-bond donors (Lipinski definition) is 1. The number of carbonyl (C=O) groups excluding carboxylic acids is 1. The molecule has 1 saturated carbocycles. The maximum absolute atomic E-state index is 11.8. The van der Waals surface area contributed by atoms with Gasteiger partial charge in [-0.3, -0.25) is 4.79 Å². The van der Waals surface area contributed by atoms with Crippen molar-refractivity contribution in [2.75, 3.05) is 6.54 Å². The molecule has 1 aromatic rings. The number of hydrogen-bond acceptors (Lipinski definition) is 1. The van der Waals surface area contributed by atoms with Crippen LogP contribution >= 0.6 is 34.8 Å². The fourth-order valence-electron chi connectivity index (χ4n) is 2.52. The van der Waals surface area contributed by atoms with Gasteiger partial charge in [-0.1, -0.05) is 55.3 Å². The molecule has 0 bridgehead atoms. The van der Waals surface area contributed by atoms with Gasteiger partial charge in [0, 0.05) is 29.8 Å². The highest BCUT2D eigenvalue weighted by atomic mass is 35.5. The Labute approximate surface area is 158 Å². The number of rotatable bonds is 6. The normalized spacial score (nSPS) is 23.8. The topological polar surface area (TPSA) is 29.1 Å². The zero-order valence-electron chi connectivity index (χ0n) is 14.0. The molecular weight excluding hydrogens is 365 g/mol. The third kappa shape index (κ3) is 5.27. The average molecular weight is 387 g/mol. The second kappa shape index (κ2) is 8.42. The van der Waals surface area contributed by atoms with Gasteiger partial charge in [0.2, 0.25) is 5.91 Å². The van der Waals surface area contributed by atoms with E-state index in [0.717, 1.165) is 11.1 Å². The first-order valence-electron chi connectivity index (χ1n) is 8.03. The minimum atomic E-state index is -0.0647. The molecule has 130 valence electrons. The number of amides is 1. The van der Waals surface area contributed by atoms with Crippen LogP contribution in [-0.4, -0.2) is 17.8 Å². The smallest absolute Gasteiger partial charge is 0.244 e. The number of allylic oxidation sites excluding steroid dienone is 3. The Hall–Kier alpha value is -0.960. The molecule has 2 rings (SSSR count). The molecule has 1 aromatic carbocycles. The SMILES string of the molecule is CC(/C=C/C1[C@@H](Cl)[C@@H]1c1ccc(Cl)c(Cl)c1)=C\C(=O)NCC(C)C. The molecule has 0 aliphatic heterocycles. The van der Waals surface area contributed by atoms with Crippen molar-refractivity contribution in [1.82, 2.24) is 5.32 Å². The minimum absolute atomic E-state index is 0.0426. The zero-order valence-corrected chi connectivity index (χ0v) is 16.3. The first-order chi connectivity index (χ1) is 11.3. The highest BCUT2D eigenvalue weighted by Crippen LogP contribution is 2.53. The summed E-state index contributed by atoms with van der Waals surface area (Å²) in [6.45, 7) is 6.71. The van der Waals surface area contributed by atoms with E-state index in [9.17, 15) is 4.79 Å². The highest BCUT2D eigenvalue weighted by Gasteiger charge is 2.48. The van der Waals surface area contributed by atoms with Crippen molar-refractivity contribution in [1.29, 1.82) is 0 Å². The monoisotopic (exact) mass is 385 g/mol. The molecule has 1 N–H and O–H groups in total. The molecule has 2 nitrogen and oxygen atoms in total. The number of nitrogens with one attached hydrogen (secondary N) is 1. The van der Waals surface area contributed by atoms with E-state index < -0.39 is 0 Å². The van der Waals surface area contributed by atoms with Crippen molar-refractivity contribution in [3.05, 3.63) is 57.6 Å². The lowest BCUT2D eigenvalue weighted by Gasteiger charge is -2.04. The van der Waals surface area contributed by atoms with Crippen LogP contribution in [-0.2, 0) is 4.79 Å². The van der Waals surface area contributed by atoms with E-state index in [4.69, 9.17) is 34.8 Å². The van der Waals surface area contributed by atoms with Gasteiger partial charge in [-0.15, -0.1) is 11.6 Å². The van der Waals surface area contributed by atoms with Gasteiger partial charge in [0.05, 0.1) is 10.0 Å². The van der Waals surface area contributed by atoms with Crippen molar-refractivity contribution >= 4 is 40.7 Å². The summed E-state index contributed by atoms with van der Waals surface area (Å²) in [4.78, 5) is 11.8. The molecule has 0 aromatic heterocycles. The molecule has 1 aliphatic carbocycles. The molecule has 3 atom stereocenters. The Balaban J connectivity index is 1.94. The van der Waals surface area contributed by atoms with Gasteiger partial charge in [-0.05, 0) is 36.1 Å². The number of halogens is 3. The summed E-state index contributed by atoms with van der Waals surface area (Å²) in [7, 11) is 0. The first-order valence-corrected chi connectivity index (χ1v) is 9.22. The Morgan fingerprint density at radius 1 is 1.29 bits per heavy atom. The molecule has 5 heteroatoms. The van der Waals surface area contributed by atoms with Crippen LogP contribution in [0.15, 0.2) is 42.0 Å². The van der Waals surface area contributed by atoms with Crippen LogP contribution in [0.5, 0.6) is 0 Å². The maximum atomic E-state index is 11.8. The Morgan fingerprint density at radius 2 is 2.00 bits per heavy atom. The minimum Gasteiger partial charge on any atom is -0.352 e. The van der Waals surface area contributed by atoms with Gasteiger partial charge in [0.1, 0.15) is 0 Å². The van der Waals surface area contributed by atoms with E-state index in [1.54, 1.807) is 12.1 Å². The van der Waals surface area contributed by atoms with E-state index in [0.29, 0.717) is 22.5 Å². The fourth-order valence-corrected chi connectivity index (χ4v) is 3.30. The molecule has 1 unspecified atom stereocenters. The molecular formula is C19H22Cl3NO.